The maximum Gasteiger partial charge on any atom is 0.262 e. The van der Waals surface area contributed by atoms with E-state index in [0.717, 1.165) is 0 Å². The topological polar surface area (TPSA) is 78.9 Å². The predicted octanol–water partition coefficient (Wildman–Crippen LogP) is 2.97. The van der Waals surface area contributed by atoms with Gasteiger partial charge in [-0.1, -0.05) is 30.3 Å². The van der Waals surface area contributed by atoms with Crippen LogP contribution in [0.1, 0.15) is 0 Å². The Balaban J connectivity index is 2.18. The van der Waals surface area contributed by atoms with Crippen molar-refractivity contribution in [1.29, 1.82) is 0 Å². The summed E-state index contributed by atoms with van der Waals surface area (Å²) in [7, 11) is 0. The molecule has 2 N–H and O–H groups in total. The zero-order chi connectivity index (χ0) is 14.8. The van der Waals surface area contributed by atoms with Crippen LogP contribution < -0.4 is 5.56 Å². The highest BCUT2D eigenvalue weighted by molar-refractivity contribution is 9.10. The summed E-state index contributed by atoms with van der Waals surface area (Å²) in [6.07, 6.45) is 1.59. The van der Waals surface area contributed by atoms with E-state index >= 15 is 0 Å². The van der Waals surface area contributed by atoms with E-state index in [1.165, 1.54) is 0 Å². The fourth-order valence-corrected chi connectivity index (χ4v) is 2.44. The van der Waals surface area contributed by atoms with Crippen LogP contribution in [0.25, 0.3) is 22.6 Å². The van der Waals surface area contributed by atoms with Crippen LogP contribution in [0, 0.1) is 0 Å². The lowest BCUT2D eigenvalue weighted by Crippen LogP contribution is -2.12. The molecular formula is C15H10BrN3O2. The Morgan fingerprint density at radius 3 is 2.52 bits per heavy atom. The normalized spacial score (nSPS) is 10.5. The number of halogens is 1. The molecule has 6 heteroatoms. The average molecular weight is 344 g/mol. The highest BCUT2D eigenvalue weighted by atomic mass is 79.9. The van der Waals surface area contributed by atoms with Crippen molar-refractivity contribution >= 4 is 15.9 Å². The van der Waals surface area contributed by atoms with Gasteiger partial charge in [0, 0.05) is 10.7 Å². The van der Waals surface area contributed by atoms with Crippen LogP contribution in [0.2, 0.25) is 0 Å². The van der Waals surface area contributed by atoms with E-state index in [4.69, 9.17) is 0 Å². The Labute approximate surface area is 128 Å². The highest BCUT2D eigenvalue weighted by Crippen LogP contribution is 2.27. The van der Waals surface area contributed by atoms with Gasteiger partial charge < -0.3 is 10.1 Å². The van der Waals surface area contributed by atoms with Gasteiger partial charge in [-0.15, -0.1) is 0 Å². The van der Waals surface area contributed by atoms with E-state index in [-0.39, 0.29) is 17.3 Å². The van der Waals surface area contributed by atoms with Crippen LogP contribution in [0.5, 0.6) is 5.88 Å². The molecule has 0 amide bonds. The predicted molar refractivity (Wildman–Crippen MR) is 82.9 cm³/mol. The molecule has 0 atom stereocenters. The van der Waals surface area contributed by atoms with Crippen molar-refractivity contribution in [2.45, 2.75) is 0 Å². The maximum absolute atomic E-state index is 12.2. The monoisotopic (exact) mass is 343 g/mol. The summed E-state index contributed by atoms with van der Waals surface area (Å²) in [4.78, 5) is 23.1. The Morgan fingerprint density at radius 1 is 1.10 bits per heavy atom. The molecule has 2 heterocycles. The van der Waals surface area contributed by atoms with Gasteiger partial charge in [0.2, 0.25) is 5.88 Å². The molecule has 1 aromatic carbocycles. The smallest absolute Gasteiger partial charge is 0.262 e. The van der Waals surface area contributed by atoms with Crippen molar-refractivity contribution < 1.29 is 5.11 Å². The molecule has 5 nitrogen and oxygen atoms in total. The van der Waals surface area contributed by atoms with E-state index in [9.17, 15) is 9.90 Å². The molecule has 2 aromatic heterocycles. The molecule has 3 aromatic rings. The van der Waals surface area contributed by atoms with Gasteiger partial charge in [-0.05, 0) is 33.6 Å². The summed E-state index contributed by atoms with van der Waals surface area (Å²) in [6.45, 7) is 0. The first-order valence-electron chi connectivity index (χ1n) is 6.16. The van der Waals surface area contributed by atoms with Crippen molar-refractivity contribution in [1.82, 2.24) is 15.0 Å². The minimum absolute atomic E-state index is 0.145. The number of rotatable bonds is 2. The van der Waals surface area contributed by atoms with Crippen molar-refractivity contribution in [2.24, 2.45) is 0 Å². The quantitative estimate of drug-likeness (QED) is 0.749. The summed E-state index contributed by atoms with van der Waals surface area (Å²) < 4.78 is 0.681. The molecule has 21 heavy (non-hydrogen) atoms. The first-order chi connectivity index (χ1) is 10.2. The highest BCUT2D eigenvalue weighted by Gasteiger charge is 2.15. The van der Waals surface area contributed by atoms with Crippen LogP contribution in [0.4, 0.5) is 0 Å². The Bertz CT molecular complexity index is 847. The molecule has 0 aliphatic rings. The standard InChI is InChI=1S/C15H10BrN3O2/c16-10-7-4-8-17-12(10)13-18-14(20)11(15(21)19-13)9-5-2-1-3-6-9/h1-8H,(H2,18,19,20,21). The van der Waals surface area contributed by atoms with Crippen LogP contribution in [-0.2, 0) is 0 Å². The van der Waals surface area contributed by atoms with Crippen LogP contribution in [0.3, 0.4) is 0 Å². The number of hydrogen-bond acceptors (Lipinski definition) is 4. The molecule has 104 valence electrons. The zero-order valence-electron chi connectivity index (χ0n) is 10.7. The number of aromatic amines is 1. The fraction of sp³-hybridized carbons (Fsp3) is 0. The summed E-state index contributed by atoms with van der Waals surface area (Å²) in [5, 5.41) is 10.1. The second-order valence-corrected chi connectivity index (χ2v) is 5.17. The van der Waals surface area contributed by atoms with Crippen LogP contribution >= 0.6 is 15.9 Å². The van der Waals surface area contributed by atoms with E-state index in [2.05, 4.69) is 30.9 Å². The number of nitrogens with one attached hydrogen (secondary N) is 1. The van der Waals surface area contributed by atoms with Gasteiger partial charge in [0.25, 0.3) is 5.56 Å². The molecule has 0 aliphatic heterocycles. The van der Waals surface area contributed by atoms with Gasteiger partial charge in [0.1, 0.15) is 11.3 Å². The first-order valence-corrected chi connectivity index (χ1v) is 6.95. The molecule has 0 radical (unpaired) electrons. The van der Waals surface area contributed by atoms with Crippen molar-refractivity contribution in [3.8, 4) is 28.5 Å². The number of benzene rings is 1. The number of nitrogens with zero attached hydrogens (tertiary/aromatic N) is 2. The molecule has 0 unspecified atom stereocenters. The molecule has 0 fully saturated rings. The molecule has 3 rings (SSSR count). The van der Waals surface area contributed by atoms with Gasteiger partial charge in [-0.25, -0.2) is 0 Å². The number of aromatic hydroxyl groups is 1. The van der Waals surface area contributed by atoms with Crippen molar-refractivity contribution in [2.75, 3.05) is 0 Å². The largest absolute Gasteiger partial charge is 0.493 e. The Hall–Kier alpha value is -2.47. The second-order valence-electron chi connectivity index (χ2n) is 4.31. The third kappa shape index (κ3) is 2.57. The van der Waals surface area contributed by atoms with E-state index in [1.54, 1.807) is 42.6 Å². The summed E-state index contributed by atoms with van der Waals surface area (Å²) in [5.41, 5.74) is 0.799. The molecule has 0 saturated carbocycles. The van der Waals surface area contributed by atoms with Crippen molar-refractivity contribution in [3.63, 3.8) is 0 Å². The lowest BCUT2D eigenvalue weighted by Gasteiger charge is -2.06. The molecule has 0 bridgehead atoms. The molecule has 0 saturated heterocycles. The minimum atomic E-state index is -0.416. The van der Waals surface area contributed by atoms with Gasteiger partial charge in [0.15, 0.2) is 5.82 Å². The van der Waals surface area contributed by atoms with Gasteiger partial charge in [-0.3, -0.25) is 9.78 Å². The summed E-state index contributed by atoms with van der Waals surface area (Å²) >= 11 is 3.34. The van der Waals surface area contributed by atoms with Gasteiger partial charge in [-0.2, -0.15) is 4.98 Å². The van der Waals surface area contributed by atoms with Gasteiger partial charge in [0.05, 0.1) is 0 Å². The van der Waals surface area contributed by atoms with Crippen LogP contribution in [-0.4, -0.2) is 20.1 Å². The Morgan fingerprint density at radius 2 is 1.86 bits per heavy atom. The first kappa shape index (κ1) is 13.5. The number of hydrogen-bond donors (Lipinski definition) is 2. The van der Waals surface area contributed by atoms with E-state index in [0.29, 0.717) is 15.7 Å². The number of aromatic nitrogens is 3. The lowest BCUT2D eigenvalue weighted by atomic mass is 10.1. The van der Waals surface area contributed by atoms with E-state index < -0.39 is 5.56 Å². The van der Waals surface area contributed by atoms with Crippen molar-refractivity contribution in [3.05, 3.63) is 63.5 Å². The average Bonchev–Trinajstić information content (AvgIpc) is 2.48. The van der Waals surface area contributed by atoms with E-state index in [1.807, 2.05) is 6.07 Å². The summed E-state index contributed by atoms with van der Waals surface area (Å²) in [6, 6.07) is 12.4. The second kappa shape index (κ2) is 5.49. The lowest BCUT2D eigenvalue weighted by molar-refractivity contribution is 0.454. The third-order valence-corrected chi connectivity index (χ3v) is 3.59. The summed E-state index contributed by atoms with van der Waals surface area (Å²) in [5.74, 6) is -0.109. The number of H-pyrrole nitrogens is 1. The van der Waals surface area contributed by atoms with Crippen LogP contribution in [0.15, 0.2) is 57.9 Å². The van der Waals surface area contributed by atoms with Gasteiger partial charge >= 0.3 is 0 Å². The molecular weight excluding hydrogens is 334 g/mol. The fourth-order valence-electron chi connectivity index (χ4n) is 2.00. The third-order valence-electron chi connectivity index (χ3n) is 2.95. The Kier molecular flexibility index (Phi) is 3.53. The molecule has 0 spiro atoms. The maximum atomic E-state index is 12.2. The minimum Gasteiger partial charge on any atom is -0.493 e. The molecule has 0 aliphatic carbocycles. The zero-order valence-corrected chi connectivity index (χ0v) is 12.3. The number of pyridine rings is 1. The SMILES string of the molecule is O=c1[nH]c(-c2ncccc2Br)nc(O)c1-c1ccccc1.